The third-order valence-electron chi connectivity index (χ3n) is 5.01. The van der Waals surface area contributed by atoms with Gasteiger partial charge in [0, 0.05) is 32.1 Å². The molecule has 1 amide bonds. The molecule has 0 unspecified atom stereocenters. The van der Waals surface area contributed by atoms with Gasteiger partial charge in [0.25, 0.3) is 0 Å². The molecule has 1 aliphatic carbocycles. The molecule has 1 saturated heterocycles. The number of aromatic nitrogens is 4. The Labute approximate surface area is 141 Å². The monoisotopic (exact) mass is 326 g/mol. The van der Waals surface area contributed by atoms with Gasteiger partial charge < -0.3 is 4.90 Å². The molecule has 2 aliphatic rings. The summed E-state index contributed by atoms with van der Waals surface area (Å²) < 4.78 is 1.78. The maximum Gasteiger partial charge on any atom is 0.226 e. The van der Waals surface area contributed by atoms with Crippen molar-refractivity contribution in [1.29, 1.82) is 0 Å². The summed E-state index contributed by atoms with van der Waals surface area (Å²) in [6.07, 6.45) is 1.06. The third kappa shape index (κ3) is 3.03. The van der Waals surface area contributed by atoms with E-state index in [0.717, 1.165) is 44.1 Å². The molecule has 2 aromatic rings. The van der Waals surface area contributed by atoms with Crippen LogP contribution in [0.1, 0.15) is 19.2 Å². The van der Waals surface area contributed by atoms with Crippen molar-refractivity contribution in [2.24, 2.45) is 11.8 Å². The standard InChI is InChI=1S/C17H22N6O/c1-13-11-15(13)17(24)22-9-7-21(8-10-22)12-16-18-19-20-23(16)14-5-3-2-4-6-14/h2-6,13,15H,7-12H2,1H3/t13-,15-/m1/s1. The van der Waals surface area contributed by atoms with E-state index >= 15 is 0 Å². The summed E-state index contributed by atoms with van der Waals surface area (Å²) in [6, 6.07) is 9.92. The Balaban J connectivity index is 1.36. The molecule has 4 rings (SSSR count). The lowest BCUT2D eigenvalue weighted by atomic mass is 10.2. The van der Waals surface area contributed by atoms with Gasteiger partial charge in [0.2, 0.25) is 5.91 Å². The number of carbonyl (C=O) groups excluding carboxylic acids is 1. The second-order valence-electron chi connectivity index (χ2n) is 6.76. The average Bonchev–Trinajstić information content (AvgIpc) is 3.17. The minimum Gasteiger partial charge on any atom is -0.340 e. The van der Waals surface area contributed by atoms with Gasteiger partial charge in [-0.05, 0) is 34.9 Å². The molecule has 1 saturated carbocycles. The predicted molar refractivity (Wildman–Crippen MR) is 88.3 cm³/mol. The number of amides is 1. The number of carbonyl (C=O) groups is 1. The summed E-state index contributed by atoms with van der Waals surface area (Å²) in [5.41, 5.74) is 0.967. The van der Waals surface area contributed by atoms with Crippen LogP contribution in [0.15, 0.2) is 30.3 Å². The van der Waals surface area contributed by atoms with Crippen LogP contribution in [-0.2, 0) is 11.3 Å². The fraction of sp³-hybridized carbons (Fsp3) is 0.529. The van der Waals surface area contributed by atoms with E-state index in [-0.39, 0.29) is 5.92 Å². The number of nitrogens with zero attached hydrogens (tertiary/aromatic N) is 6. The minimum absolute atomic E-state index is 0.280. The highest BCUT2D eigenvalue weighted by molar-refractivity contribution is 5.81. The summed E-state index contributed by atoms with van der Waals surface area (Å²) >= 11 is 0. The molecule has 24 heavy (non-hydrogen) atoms. The van der Waals surface area contributed by atoms with Gasteiger partial charge in [0.05, 0.1) is 12.2 Å². The quantitative estimate of drug-likeness (QED) is 0.837. The van der Waals surface area contributed by atoms with E-state index in [2.05, 4.69) is 27.3 Å². The summed E-state index contributed by atoms with van der Waals surface area (Å²) in [7, 11) is 0. The molecule has 2 atom stereocenters. The van der Waals surface area contributed by atoms with Crippen molar-refractivity contribution in [3.05, 3.63) is 36.2 Å². The highest BCUT2D eigenvalue weighted by atomic mass is 16.2. The molecular weight excluding hydrogens is 304 g/mol. The van der Waals surface area contributed by atoms with E-state index in [1.54, 1.807) is 4.68 Å². The second-order valence-corrected chi connectivity index (χ2v) is 6.76. The van der Waals surface area contributed by atoms with Gasteiger partial charge in [-0.15, -0.1) is 5.10 Å². The molecule has 7 nitrogen and oxygen atoms in total. The van der Waals surface area contributed by atoms with Crippen molar-refractivity contribution in [2.75, 3.05) is 26.2 Å². The fourth-order valence-electron chi connectivity index (χ4n) is 3.30. The Kier molecular flexibility index (Phi) is 4.02. The Morgan fingerprint density at radius 2 is 1.88 bits per heavy atom. The van der Waals surface area contributed by atoms with Crippen molar-refractivity contribution in [2.45, 2.75) is 19.9 Å². The van der Waals surface area contributed by atoms with Crippen LogP contribution in [0.3, 0.4) is 0 Å². The zero-order valence-electron chi connectivity index (χ0n) is 13.9. The molecule has 1 aromatic heterocycles. The first-order valence-corrected chi connectivity index (χ1v) is 8.56. The number of rotatable bonds is 4. The molecular formula is C17H22N6O. The normalized spacial score (nSPS) is 24.1. The van der Waals surface area contributed by atoms with Gasteiger partial charge in [-0.25, -0.2) is 0 Å². The highest BCUT2D eigenvalue weighted by Gasteiger charge is 2.41. The van der Waals surface area contributed by atoms with Gasteiger partial charge >= 0.3 is 0 Å². The number of piperazine rings is 1. The van der Waals surface area contributed by atoms with Crippen molar-refractivity contribution in [3.63, 3.8) is 0 Å². The number of tetrazole rings is 1. The lowest BCUT2D eigenvalue weighted by molar-refractivity contribution is -0.134. The molecule has 0 spiro atoms. The van der Waals surface area contributed by atoms with E-state index in [1.807, 2.05) is 35.2 Å². The summed E-state index contributed by atoms with van der Waals surface area (Å²) in [4.78, 5) is 16.6. The Morgan fingerprint density at radius 3 is 2.54 bits per heavy atom. The first kappa shape index (κ1) is 15.3. The van der Waals surface area contributed by atoms with Crippen molar-refractivity contribution >= 4 is 5.91 Å². The topological polar surface area (TPSA) is 67.2 Å². The van der Waals surface area contributed by atoms with Crippen LogP contribution < -0.4 is 0 Å². The average molecular weight is 326 g/mol. The van der Waals surface area contributed by atoms with Crippen LogP contribution in [0.4, 0.5) is 0 Å². The maximum atomic E-state index is 12.3. The van der Waals surface area contributed by atoms with Crippen molar-refractivity contribution in [1.82, 2.24) is 30.0 Å². The van der Waals surface area contributed by atoms with E-state index < -0.39 is 0 Å². The van der Waals surface area contributed by atoms with Crippen LogP contribution in [0.25, 0.3) is 5.69 Å². The number of benzene rings is 1. The van der Waals surface area contributed by atoms with Crippen LogP contribution >= 0.6 is 0 Å². The van der Waals surface area contributed by atoms with Crippen molar-refractivity contribution in [3.8, 4) is 5.69 Å². The molecule has 2 fully saturated rings. The molecule has 2 heterocycles. The molecule has 0 N–H and O–H groups in total. The summed E-state index contributed by atoms with van der Waals surface area (Å²) in [5.74, 6) is 2.03. The number of hydrogen-bond donors (Lipinski definition) is 0. The smallest absolute Gasteiger partial charge is 0.226 e. The van der Waals surface area contributed by atoms with Gasteiger partial charge in [0.1, 0.15) is 0 Å². The number of para-hydroxylation sites is 1. The van der Waals surface area contributed by atoms with Crippen LogP contribution in [0.5, 0.6) is 0 Å². The van der Waals surface area contributed by atoms with Gasteiger partial charge in [-0.1, -0.05) is 25.1 Å². The van der Waals surface area contributed by atoms with Crippen LogP contribution in [0.2, 0.25) is 0 Å². The maximum absolute atomic E-state index is 12.3. The van der Waals surface area contributed by atoms with Gasteiger partial charge in [-0.2, -0.15) is 4.68 Å². The van der Waals surface area contributed by atoms with Crippen LogP contribution in [-0.4, -0.2) is 62.1 Å². The van der Waals surface area contributed by atoms with E-state index in [1.165, 1.54) is 0 Å². The van der Waals surface area contributed by atoms with E-state index in [0.29, 0.717) is 18.4 Å². The summed E-state index contributed by atoms with van der Waals surface area (Å²) in [6.45, 7) is 6.19. The third-order valence-corrected chi connectivity index (χ3v) is 5.01. The summed E-state index contributed by atoms with van der Waals surface area (Å²) in [5, 5.41) is 12.1. The lowest BCUT2D eigenvalue weighted by Crippen LogP contribution is -2.49. The zero-order chi connectivity index (χ0) is 16.5. The lowest BCUT2D eigenvalue weighted by Gasteiger charge is -2.34. The Morgan fingerprint density at radius 1 is 1.17 bits per heavy atom. The van der Waals surface area contributed by atoms with E-state index in [9.17, 15) is 4.79 Å². The fourth-order valence-corrected chi connectivity index (χ4v) is 3.30. The first-order valence-electron chi connectivity index (χ1n) is 8.56. The minimum atomic E-state index is 0.280. The van der Waals surface area contributed by atoms with Crippen LogP contribution in [0, 0.1) is 11.8 Å². The molecule has 0 radical (unpaired) electrons. The highest BCUT2D eigenvalue weighted by Crippen LogP contribution is 2.39. The second kappa shape index (κ2) is 6.32. The molecule has 126 valence electrons. The zero-order valence-corrected chi connectivity index (χ0v) is 13.9. The predicted octanol–water partition coefficient (Wildman–Crippen LogP) is 0.962. The Bertz CT molecular complexity index is 707. The first-order chi connectivity index (χ1) is 11.7. The Hall–Kier alpha value is -2.28. The van der Waals surface area contributed by atoms with E-state index in [4.69, 9.17) is 0 Å². The van der Waals surface area contributed by atoms with Gasteiger partial charge in [0.15, 0.2) is 5.82 Å². The molecule has 0 bridgehead atoms. The molecule has 1 aromatic carbocycles. The number of hydrogen-bond acceptors (Lipinski definition) is 5. The molecule has 7 heteroatoms. The molecule has 1 aliphatic heterocycles. The largest absolute Gasteiger partial charge is 0.340 e. The van der Waals surface area contributed by atoms with Gasteiger partial charge in [-0.3, -0.25) is 9.69 Å². The van der Waals surface area contributed by atoms with Crippen molar-refractivity contribution < 1.29 is 4.79 Å². The SMILES string of the molecule is C[C@@H]1C[C@H]1C(=O)N1CCN(Cc2nnnn2-c2ccccc2)CC1.